The van der Waals surface area contributed by atoms with Crippen LogP contribution in [0.5, 0.6) is 5.75 Å². The van der Waals surface area contributed by atoms with Crippen molar-refractivity contribution >= 4 is 38.9 Å². The summed E-state index contributed by atoms with van der Waals surface area (Å²) in [5.41, 5.74) is 2.88. The number of benzene rings is 2. The van der Waals surface area contributed by atoms with Crippen molar-refractivity contribution in [3.05, 3.63) is 58.1 Å². The average molecular weight is 352 g/mol. The molecule has 20 heavy (non-hydrogen) atoms. The number of aryl methyl sites for hydroxylation is 2. The summed E-state index contributed by atoms with van der Waals surface area (Å²) >= 11 is 3.89. The zero-order valence-electron chi connectivity index (χ0n) is 11.1. The molecule has 0 saturated heterocycles. The van der Waals surface area contributed by atoms with Crippen molar-refractivity contribution in [2.24, 2.45) is 4.99 Å². The molecule has 0 aliphatic rings. The van der Waals surface area contributed by atoms with E-state index in [2.05, 4.69) is 20.9 Å². The fourth-order valence-electron chi connectivity index (χ4n) is 1.76. The van der Waals surface area contributed by atoms with Gasteiger partial charge in [0, 0.05) is 0 Å². The monoisotopic (exact) mass is 351 g/mol. The summed E-state index contributed by atoms with van der Waals surface area (Å²) in [6.45, 7) is 3.95. The first kappa shape index (κ1) is 15.1. The molecule has 2 rings (SSSR count). The van der Waals surface area contributed by atoms with Crippen LogP contribution >= 0.6 is 28.0 Å². The highest BCUT2D eigenvalue weighted by Crippen LogP contribution is 2.28. The Morgan fingerprint density at radius 3 is 2.35 bits per heavy atom. The van der Waals surface area contributed by atoms with Crippen LogP contribution in [0.15, 0.2) is 51.9 Å². The molecule has 2 aromatic rings. The number of aliphatic imine (C=N–C) groups is 1. The van der Waals surface area contributed by atoms with Crippen LogP contribution in [0.25, 0.3) is 0 Å². The topological polar surface area (TPSA) is 41.8 Å². The summed E-state index contributed by atoms with van der Waals surface area (Å²) in [5, 5.41) is 0.189. The largest absolute Gasteiger partial charge is 0.431 e. The molecule has 0 aromatic heterocycles. The number of ether oxygens (including phenoxy) is 1. The van der Waals surface area contributed by atoms with Gasteiger partial charge in [-0.1, -0.05) is 30.3 Å². The van der Waals surface area contributed by atoms with Gasteiger partial charge >= 0.3 is 0 Å². The molecule has 0 aliphatic carbocycles. The summed E-state index contributed by atoms with van der Waals surface area (Å²) in [6.07, 6.45) is 0. The normalized spacial score (nSPS) is 11.5. The second-order valence-electron chi connectivity index (χ2n) is 4.24. The van der Waals surface area contributed by atoms with Crippen LogP contribution in [0.2, 0.25) is 0 Å². The van der Waals surface area contributed by atoms with Gasteiger partial charge in [0.1, 0.15) is 5.75 Å². The fourth-order valence-corrected chi connectivity index (χ4v) is 2.38. The highest BCUT2D eigenvalue weighted by atomic mass is 79.9. The van der Waals surface area contributed by atoms with Crippen molar-refractivity contribution in [3.8, 4) is 5.75 Å². The minimum atomic E-state index is 0.189. The van der Waals surface area contributed by atoms with Crippen molar-refractivity contribution < 1.29 is 9.29 Å². The van der Waals surface area contributed by atoms with Crippen molar-refractivity contribution in [3.63, 3.8) is 0 Å². The highest BCUT2D eigenvalue weighted by Gasteiger charge is 2.08. The molecule has 0 aliphatic heterocycles. The Kier molecular flexibility index (Phi) is 5.23. The van der Waals surface area contributed by atoms with E-state index in [9.17, 15) is 4.55 Å². The van der Waals surface area contributed by atoms with Gasteiger partial charge < -0.3 is 9.29 Å². The summed E-state index contributed by atoms with van der Waals surface area (Å²) in [6, 6.07) is 13.4. The molecule has 0 heterocycles. The van der Waals surface area contributed by atoms with Crippen LogP contribution in [0.3, 0.4) is 0 Å². The first-order valence-corrected chi connectivity index (χ1v) is 7.57. The van der Waals surface area contributed by atoms with E-state index < -0.39 is 0 Å². The third-order valence-corrected chi connectivity index (χ3v) is 3.74. The summed E-state index contributed by atoms with van der Waals surface area (Å²) in [5.74, 6) is 0.610. The van der Waals surface area contributed by atoms with E-state index in [0.29, 0.717) is 17.8 Å². The van der Waals surface area contributed by atoms with E-state index in [-0.39, 0.29) is 5.23 Å². The number of halogens is 1. The highest BCUT2D eigenvalue weighted by molar-refractivity contribution is 9.10. The molecule has 1 N–H and O–H groups in total. The molecule has 0 radical (unpaired) electrons. The van der Waals surface area contributed by atoms with Gasteiger partial charge in [-0.15, -0.1) is 0 Å². The van der Waals surface area contributed by atoms with Gasteiger partial charge in [-0.25, -0.2) is 4.99 Å². The number of rotatable bonds is 2. The Morgan fingerprint density at radius 2 is 1.75 bits per heavy atom. The molecule has 0 amide bonds. The van der Waals surface area contributed by atoms with E-state index in [0.717, 1.165) is 21.3 Å². The summed E-state index contributed by atoms with van der Waals surface area (Å²) in [4.78, 5) is 4.40. The number of nitrogens with zero attached hydrogens (tertiary/aromatic N) is 1. The lowest BCUT2D eigenvalue weighted by atomic mass is 10.1. The molecule has 0 atom stereocenters. The van der Waals surface area contributed by atoms with Crippen LogP contribution in [0.1, 0.15) is 11.1 Å². The predicted octanol–water partition coefficient (Wildman–Crippen LogP) is 5.34. The molecule has 0 bridgehead atoms. The lowest BCUT2D eigenvalue weighted by Crippen LogP contribution is -2.03. The molecule has 0 spiro atoms. The standard InChI is InChI=1S/C15H14BrNO2S/c1-10-6-5-7-11(2)14(10)17-15(20-18)19-13-9-4-3-8-12(13)16/h3-9,18H,1-2H3. The third kappa shape index (κ3) is 3.62. The number of hydrogen-bond acceptors (Lipinski definition) is 4. The summed E-state index contributed by atoms with van der Waals surface area (Å²) in [7, 11) is 0. The Bertz CT molecular complexity index is 623. The van der Waals surface area contributed by atoms with Crippen molar-refractivity contribution in [1.82, 2.24) is 0 Å². The quantitative estimate of drug-likeness (QED) is 0.451. The van der Waals surface area contributed by atoms with Gasteiger partial charge in [-0.05, 0) is 53.0 Å². The smallest absolute Gasteiger partial charge is 0.284 e. The zero-order chi connectivity index (χ0) is 14.5. The summed E-state index contributed by atoms with van der Waals surface area (Å²) < 4.78 is 15.8. The second kappa shape index (κ2) is 6.92. The van der Waals surface area contributed by atoms with Crippen LogP contribution in [-0.4, -0.2) is 9.78 Å². The van der Waals surface area contributed by atoms with Crippen LogP contribution in [0, 0.1) is 13.8 Å². The molecule has 0 fully saturated rings. The van der Waals surface area contributed by atoms with Gasteiger partial charge in [0.25, 0.3) is 5.23 Å². The van der Waals surface area contributed by atoms with Crippen LogP contribution in [-0.2, 0) is 0 Å². The lowest BCUT2D eigenvalue weighted by molar-refractivity contribution is 0.555. The van der Waals surface area contributed by atoms with Gasteiger partial charge in [-0.3, -0.25) is 0 Å². The van der Waals surface area contributed by atoms with Gasteiger partial charge in [0.2, 0.25) is 0 Å². The van der Waals surface area contributed by atoms with Gasteiger partial charge in [-0.2, -0.15) is 0 Å². The first-order valence-electron chi connectivity index (χ1n) is 6.00. The molecule has 104 valence electrons. The minimum Gasteiger partial charge on any atom is -0.431 e. The van der Waals surface area contributed by atoms with Crippen molar-refractivity contribution in [1.29, 1.82) is 0 Å². The molecule has 0 unspecified atom stereocenters. The Balaban J connectivity index is 2.33. The molecular weight excluding hydrogens is 338 g/mol. The van der Waals surface area contributed by atoms with E-state index in [4.69, 9.17) is 4.74 Å². The predicted molar refractivity (Wildman–Crippen MR) is 88.0 cm³/mol. The average Bonchev–Trinajstić information content (AvgIpc) is 2.44. The zero-order valence-corrected chi connectivity index (χ0v) is 13.5. The van der Waals surface area contributed by atoms with E-state index in [1.54, 1.807) is 6.07 Å². The van der Waals surface area contributed by atoms with E-state index >= 15 is 0 Å². The second-order valence-corrected chi connectivity index (χ2v) is 5.63. The third-order valence-electron chi connectivity index (χ3n) is 2.75. The first-order chi connectivity index (χ1) is 9.61. The van der Waals surface area contributed by atoms with Crippen molar-refractivity contribution in [2.45, 2.75) is 13.8 Å². The van der Waals surface area contributed by atoms with Gasteiger partial charge in [0.15, 0.2) is 0 Å². The molecule has 2 aromatic carbocycles. The van der Waals surface area contributed by atoms with Crippen LogP contribution in [0.4, 0.5) is 5.69 Å². The van der Waals surface area contributed by atoms with E-state index in [1.165, 1.54) is 0 Å². The molecular formula is C15H14BrNO2S. The number of hydrogen-bond donors (Lipinski definition) is 1. The maximum atomic E-state index is 9.37. The van der Waals surface area contributed by atoms with Crippen LogP contribution < -0.4 is 4.74 Å². The molecule has 3 nitrogen and oxygen atoms in total. The Hall–Kier alpha value is -1.30. The SMILES string of the molecule is Cc1cccc(C)c1N=C(Oc1ccccc1Br)SO. The maximum absolute atomic E-state index is 9.37. The minimum absolute atomic E-state index is 0.189. The van der Waals surface area contributed by atoms with Crippen molar-refractivity contribution in [2.75, 3.05) is 0 Å². The van der Waals surface area contributed by atoms with E-state index in [1.807, 2.05) is 50.2 Å². The Labute approximate surface area is 131 Å². The number of para-hydroxylation sites is 2. The molecule has 5 heteroatoms. The maximum Gasteiger partial charge on any atom is 0.284 e. The molecule has 0 saturated carbocycles. The lowest BCUT2D eigenvalue weighted by Gasteiger charge is -2.09. The Morgan fingerprint density at radius 1 is 1.10 bits per heavy atom. The fraction of sp³-hybridized carbons (Fsp3) is 0.133. The van der Waals surface area contributed by atoms with Gasteiger partial charge in [0.05, 0.1) is 22.2 Å².